The van der Waals surface area contributed by atoms with Crippen molar-refractivity contribution in [2.45, 2.75) is 6.42 Å². The predicted molar refractivity (Wildman–Crippen MR) is 72.4 cm³/mol. The van der Waals surface area contributed by atoms with E-state index in [1.54, 1.807) is 23.5 Å². The third-order valence-corrected chi connectivity index (χ3v) is 2.87. The van der Waals surface area contributed by atoms with Crippen molar-refractivity contribution < 1.29 is 19.1 Å². The van der Waals surface area contributed by atoms with Gasteiger partial charge in [0.25, 0.3) is 0 Å². The molecule has 0 saturated carbocycles. The van der Waals surface area contributed by atoms with Crippen LogP contribution in [0.4, 0.5) is 0 Å². The second-order valence-electron chi connectivity index (χ2n) is 3.12. The Kier molecular flexibility index (Phi) is 10.1. The lowest BCUT2D eigenvalue weighted by molar-refractivity contribution is -0.145. The highest BCUT2D eigenvalue weighted by Crippen LogP contribution is 2.04. The first-order valence-corrected chi connectivity index (χ1v) is 7.89. The van der Waals surface area contributed by atoms with Crippen molar-refractivity contribution in [1.29, 1.82) is 0 Å². The molecule has 0 saturated heterocycles. The van der Waals surface area contributed by atoms with Gasteiger partial charge >= 0.3 is 11.9 Å². The van der Waals surface area contributed by atoms with Gasteiger partial charge in [0.15, 0.2) is 0 Å². The topological polar surface area (TPSA) is 52.6 Å². The maximum atomic E-state index is 11.3. The fourth-order valence-electron chi connectivity index (χ4n) is 0.856. The molecule has 0 bridgehead atoms. The second-order valence-corrected chi connectivity index (χ2v) is 5.09. The summed E-state index contributed by atoms with van der Waals surface area (Å²) in [5, 5.41) is 0. The minimum absolute atomic E-state index is 0.105. The molecule has 0 radical (unpaired) electrons. The van der Waals surface area contributed by atoms with Crippen molar-refractivity contribution in [2.75, 3.05) is 37.2 Å². The zero-order valence-electron chi connectivity index (χ0n) is 10.2. The second kappa shape index (κ2) is 10.5. The monoisotopic (exact) mass is 278 g/mol. The lowest BCUT2D eigenvalue weighted by Crippen LogP contribution is -2.15. The Morgan fingerprint density at radius 3 is 2.12 bits per heavy atom. The van der Waals surface area contributed by atoms with E-state index in [2.05, 4.69) is 6.58 Å². The quantitative estimate of drug-likeness (QED) is 0.364. The molecule has 0 amide bonds. The van der Waals surface area contributed by atoms with Crippen molar-refractivity contribution in [3.8, 4) is 0 Å². The Balaban J connectivity index is 3.75. The summed E-state index contributed by atoms with van der Waals surface area (Å²) in [5.41, 5.74) is 0.139. The van der Waals surface area contributed by atoms with Crippen molar-refractivity contribution in [3.05, 3.63) is 12.2 Å². The van der Waals surface area contributed by atoms with Crippen LogP contribution in [-0.4, -0.2) is 49.2 Å². The zero-order chi connectivity index (χ0) is 13.1. The van der Waals surface area contributed by atoms with Crippen LogP contribution in [0.25, 0.3) is 0 Å². The number of hydrogen-bond donors (Lipinski definition) is 0. The zero-order valence-corrected chi connectivity index (χ0v) is 11.8. The van der Waals surface area contributed by atoms with Gasteiger partial charge in [-0.1, -0.05) is 6.58 Å². The molecule has 0 aromatic carbocycles. The standard InChI is InChI=1S/C11H18O4S2/c1-9(11(13)15-5-7-17-3)8-10(12)14-4-6-16-2/h1,4-8H2,2-3H3. The van der Waals surface area contributed by atoms with Crippen LogP contribution in [0.2, 0.25) is 0 Å². The minimum Gasteiger partial charge on any atom is -0.465 e. The summed E-state index contributed by atoms with van der Waals surface area (Å²) in [6.07, 6.45) is 3.74. The van der Waals surface area contributed by atoms with E-state index in [0.29, 0.717) is 13.2 Å². The first-order valence-electron chi connectivity index (χ1n) is 5.10. The van der Waals surface area contributed by atoms with Crippen molar-refractivity contribution in [3.63, 3.8) is 0 Å². The number of rotatable bonds is 9. The SMILES string of the molecule is C=C(CC(=O)OCCSC)C(=O)OCCSC. The lowest BCUT2D eigenvalue weighted by atomic mass is 10.2. The van der Waals surface area contributed by atoms with E-state index in [9.17, 15) is 9.59 Å². The van der Waals surface area contributed by atoms with Gasteiger partial charge in [0, 0.05) is 17.1 Å². The van der Waals surface area contributed by atoms with Gasteiger partial charge in [-0.05, 0) is 12.5 Å². The molecule has 0 aliphatic carbocycles. The van der Waals surface area contributed by atoms with Gasteiger partial charge in [-0.15, -0.1) is 0 Å². The van der Waals surface area contributed by atoms with E-state index >= 15 is 0 Å². The van der Waals surface area contributed by atoms with Gasteiger partial charge in [0.05, 0.1) is 6.42 Å². The van der Waals surface area contributed by atoms with Gasteiger partial charge < -0.3 is 9.47 Å². The Morgan fingerprint density at radius 2 is 1.59 bits per heavy atom. The van der Waals surface area contributed by atoms with Gasteiger partial charge in [-0.2, -0.15) is 23.5 Å². The fourth-order valence-corrected chi connectivity index (χ4v) is 1.36. The van der Waals surface area contributed by atoms with Gasteiger partial charge in [-0.3, -0.25) is 4.79 Å². The highest BCUT2D eigenvalue weighted by Gasteiger charge is 2.13. The molecule has 0 atom stereocenters. The number of carbonyl (C=O) groups excluding carboxylic acids is 2. The molecule has 4 nitrogen and oxygen atoms in total. The molecule has 17 heavy (non-hydrogen) atoms. The van der Waals surface area contributed by atoms with Crippen molar-refractivity contribution >= 4 is 35.5 Å². The Labute approximate surface area is 110 Å². The Morgan fingerprint density at radius 1 is 1.06 bits per heavy atom. The highest BCUT2D eigenvalue weighted by molar-refractivity contribution is 7.98. The Hall–Kier alpha value is -0.620. The third kappa shape index (κ3) is 9.12. The van der Waals surface area contributed by atoms with Crippen LogP contribution in [0, 0.1) is 0 Å². The third-order valence-electron chi connectivity index (χ3n) is 1.72. The summed E-state index contributed by atoms with van der Waals surface area (Å²) in [7, 11) is 0. The molecule has 6 heteroatoms. The molecular weight excluding hydrogens is 260 g/mol. The van der Waals surface area contributed by atoms with Crippen molar-refractivity contribution in [1.82, 2.24) is 0 Å². The van der Waals surface area contributed by atoms with Crippen LogP contribution in [0.1, 0.15) is 6.42 Å². The van der Waals surface area contributed by atoms with E-state index in [1.807, 2.05) is 12.5 Å². The largest absolute Gasteiger partial charge is 0.465 e. The van der Waals surface area contributed by atoms with Crippen LogP contribution < -0.4 is 0 Å². The van der Waals surface area contributed by atoms with Crippen molar-refractivity contribution in [2.24, 2.45) is 0 Å². The number of ether oxygens (including phenoxy) is 2. The van der Waals surface area contributed by atoms with E-state index in [1.165, 1.54) is 0 Å². The highest BCUT2D eigenvalue weighted by atomic mass is 32.2. The summed E-state index contributed by atoms with van der Waals surface area (Å²) in [6, 6.07) is 0. The van der Waals surface area contributed by atoms with Gasteiger partial charge in [-0.25, -0.2) is 4.79 Å². The maximum absolute atomic E-state index is 11.3. The first-order chi connectivity index (χ1) is 8.11. The maximum Gasteiger partial charge on any atom is 0.334 e. The van der Waals surface area contributed by atoms with Crippen LogP contribution in [0.5, 0.6) is 0 Å². The van der Waals surface area contributed by atoms with Crippen LogP contribution in [0.3, 0.4) is 0 Å². The molecule has 0 spiro atoms. The number of esters is 2. The molecular formula is C11H18O4S2. The number of thioether (sulfide) groups is 2. The first kappa shape index (κ1) is 16.4. The van der Waals surface area contributed by atoms with Gasteiger partial charge in [0.1, 0.15) is 13.2 Å². The molecule has 0 N–H and O–H groups in total. The summed E-state index contributed by atoms with van der Waals surface area (Å²) < 4.78 is 9.80. The van der Waals surface area contributed by atoms with Crippen LogP contribution in [-0.2, 0) is 19.1 Å². The molecule has 0 aromatic rings. The summed E-state index contributed by atoms with van der Waals surface area (Å²) in [4.78, 5) is 22.6. The average molecular weight is 278 g/mol. The van der Waals surface area contributed by atoms with Crippen LogP contribution in [0.15, 0.2) is 12.2 Å². The molecule has 0 unspecified atom stereocenters. The molecule has 98 valence electrons. The summed E-state index contributed by atoms with van der Waals surface area (Å²) >= 11 is 3.17. The average Bonchev–Trinajstić information content (AvgIpc) is 2.29. The molecule has 0 fully saturated rings. The lowest BCUT2D eigenvalue weighted by Gasteiger charge is -2.06. The normalized spacial score (nSPS) is 9.76. The van der Waals surface area contributed by atoms with E-state index in [4.69, 9.17) is 9.47 Å². The minimum atomic E-state index is -0.527. The number of hydrogen-bond acceptors (Lipinski definition) is 6. The van der Waals surface area contributed by atoms with E-state index < -0.39 is 11.9 Å². The summed E-state index contributed by atoms with van der Waals surface area (Å²) in [5.74, 6) is 0.514. The fraction of sp³-hybridized carbons (Fsp3) is 0.636. The van der Waals surface area contributed by atoms with Crippen LogP contribution >= 0.6 is 23.5 Å². The molecule has 0 aliphatic heterocycles. The number of carbonyl (C=O) groups is 2. The van der Waals surface area contributed by atoms with E-state index in [0.717, 1.165) is 11.5 Å². The summed E-state index contributed by atoms with van der Waals surface area (Å²) in [6.45, 7) is 4.20. The molecule has 0 heterocycles. The molecule has 0 rings (SSSR count). The predicted octanol–water partition coefficient (Wildman–Crippen LogP) is 1.75. The molecule has 0 aromatic heterocycles. The smallest absolute Gasteiger partial charge is 0.334 e. The van der Waals surface area contributed by atoms with E-state index in [-0.39, 0.29) is 12.0 Å². The van der Waals surface area contributed by atoms with Gasteiger partial charge in [0.2, 0.25) is 0 Å². The Bertz CT molecular complexity index is 266. The molecule has 0 aliphatic rings.